The molecule has 1 atom stereocenters. The largest absolute Gasteiger partial charge is 0.479 e. The van der Waals surface area contributed by atoms with Gasteiger partial charge in [-0.15, -0.1) is 0 Å². The summed E-state index contributed by atoms with van der Waals surface area (Å²) in [4.78, 5) is 26.6. The van der Waals surface area contributed by atoms with Crippen molar-refractivity contribution in [3.8, 4) is 11.1 Å². The van der Waals surface area contributed by atoms with Gasteiger partial charge < -0.3 is 9.84 Å². The van der Waals surface area contributed by atoms with E-state index in [4.69, 9.17) is 4.74 Å². The monoisotopic (exact) mass is 393 g/mol. The Morgan fingerprint density at radius 3 is 2.07 bits per heavy atom. The fourth-order valence-electron chi connectivity index (χ4n) is 4.67. The van der Waals surface area contributed by atoms with Crippen LogP contribution in [0.15, 0.2) is 48.5 Å². The Morgan fingerprint density at radius 1 is 1.10 bits per heavy atom. The van der Waals surface area contributed by atoms with Crippen molar-refractivity contribution in [1.29, 1.82) is 0 Å². The smallest absolute Gasteiger partial charge is 0.410 e. The minimum absolute atomic E-state index is 0.0438. The molecule has 2 aromatic rings. The van der Waals surface area contributed by atoms with E-state index < -0.39 is 23.0 Å². The fraction of sp³-hybridized carbons (Fsp3) is 0.417. The van der Waals surface area contributed by atoms with Crippen LogP contribution in [0, 0.1) is 5.41 Å². The topological polar surface area (TPSA) is 66.8 Å². The van der Waals surface area contributed by atoms with Crippen LogP contribution in [0.1, 0.15) is 50.7 Å². The van der Waals surface area contributed by atoms with Gasteiger partial charge >= 0.3 is 12.1 Å². The Balaban J connectivity index is 1.57. The molecule has 2 aliphatic carbocycles. The number of fused-ring (bicyclic) bond motifs is 3. The highest BCUT2D eigenvalue weighted by Crippen LogP contribution is 2.56. The number of nitrogens with zero attached hydrogens (tertiary/aromatic N) is 1. The van der Waals surface area contributed by atoms with E-state index in [0.717, 1.165) is 35.1 Å². The van der Waals surface area contributed by atoms with Crippen LogP contribution in [0.2, 0.25) is 0 Å². The summed E-state index contributed by atoms with van der Waals surface area (Å²) in [6.07, 6.45) is 1.03. The lowest BCUT2D eigenvalue weighted by Gasteiger charge is -2.41. The van der Waals surface area contributed by atoms with Crippen molar-refractivity contribution < 1.29 is 19.4 Å². The summed E-state index contributed by atoms with van der Waals surface area (Å²) in [5.41, 5.74) is 2.92. The number of rotatable bonds is 6. The van der Waals surface area contributed by atoms with Crippen LogP contribution < -0.4 is 0 Å². The number of aliphatic carboxylic acids is 1. The van der Waals surface area contributed by atoms with Gasteiger partial charge in [0.25, 0.3) is 0 Å². The third kappa shape index (κ3) is 2.91. The van der Waals surface area contributed by atoms with E-state index in [-0.39, 0.29) is 19.1 Å². The van der Waals surface area contributed by atoms with Crippen molar-refractivity contribution in [1.82, 2.24) is 4.90 Å². The van der Waals surface area contributed by atoms with E-state index in [1.54, 1.807) is 13.8 Å². The highest BCUT2D eigenvalue weighted by Gasteiger charge is 2.62. The average Bonchev–Trinajstić information content (AvgIpc) is 3.40. The number of hydrogen-bond donors (Lipinski definition) is 1. The minimum atomic E-state index is -1.27. The second kappa shape index (κ2) is 6.90. The number of amides is 1. The van der Waals surface area contributed by atoms with Gasteiger partial charge in [-0.1, -0.05) is 55.5 Å². The van der Waals surface area contributed by atoms with Gasteiger partial charge in [-0.05, 0) is 48.9 Å². The van der Waals surface area contributed by atoms with Crippen molar-refractivity contribution in [3.63, 3.8) is 0 Å². The highest BCUT2D eigenvalue weighted by atomic mass is 16.6. The molecular weight excluding hydrogens is 366 g/mol. The summed E-state index contributed by atoms with van der Waals surface area (Å²) >= 11 is 0. The molecule has 0 heterocycles. The molecule has 0 aliphatic heterocycles. The van der Waals surface area contributed by atoms with Crippen LogP contribution >= 0.6 is 0 Å². The molecular formula is C24H27NO4. The van der Waals surface area contributed by atoms with Crippen molar-refractivity contribution in [2.75, 3.05) is 13.2 Å². The Kier molecular flexibility index (Phi) is 4.64. The summed E-state index contributed by atoms with van der Waals surface area (Å²) in [5.74, 6) is -1.02. The molecule has 0 saturated heterocycles. The number of likely N-dealkylation sites (N-methyl/N-ethyl adjacent to an activating group) is 1. The van der Waals surface area contributed by atoms with E-state index in [1.807, 2.05) is 31.2 Å². The summed E-state index contributed by atoms with van der Waals surface area (Å²) in [7, 11) is 0. The molecule has 0 radical (unpaired) electrons. The van der Waals surface area contributed by atoms with Crippen LogP contribution in [0.25, 0.3) is 11.1 Å². The zero-order valence-electron chi connectivity index (χ0n) is 17.1. The van der Waals surface area contributed by atoms with Gasteiger partial charge in [0.2, 0.25) is 0 Å². The SMILES string of the molecule is CCN(C(=O)OCC1c2ccccc2-c2ccccc21)C(C)(C(=O)O)C1(C)CC1. The molecule has 0 spiro atoms. The average molecular weight is 393 g/mol. The Bertz CT molecular complexity index is 919. The maximum absolute atomic E-state index is 13.0. The number of carbonyl (C=O) groups excluding carboxylic acids is 1. The van der Waals surface area contributed by atoms with Crippen LogP contribution in [0.3, 0.4) is 0 Å². The molecule has 1 fully saturated rings. The molecule has 1 saturated carbocycles. The van der Waals surface area contributed by atoms with E-state index in [0.29, 0.717) is 0 Å². The Labute approximate surface area is 171 Å². The molecule has 1 unspecified atom stereocenters. The molecule has 2 aromatic carbocycles. The van der Waals surface area contributed by atoms with Crippen molar-refractivity contribution >= 4 is 12.1 Å². The van der Waals surface area contributed by atoms with Gasteiger partial charge in [0.15, 0.2) is 0 Å². The molecule has 5 heteroatoms. The maximum Gasteiger partial charge on any atom is 0.410 e. The molecule has 152 valence electrons. The molecule has 5 nitrogen and oxygen atoms in total. The lowest BCUT2D eigenvalue weighted by Crippen LogP contribution is -2.60. The number of carboxylic acids is 1. The lowest BCUT2D eigenvalue weighted by molar-refractivity contribution is -0.154. The molecule has 4 rings (SSSR count). The van der Waals surface area contributed by atoms with Crippen LogP contribution in [0.4, 0.5) is 4.79 Å². The third-order valence-electron chi connectivity index (χ3n) is 7.00. The molecule has 1 N–H and O–H groups in total. The third-order valence-corrected chi connectivity index (χ3v) is 7.00. The quantitative estimate of drug-likeness (QED) is 0.758. The van der Waals surface area contributed by atoms with Gasteiger partial charge in [0, 0.05) is 17.9 Å². The number of carbonyl (C=O) groups is 2. The predicted octanol–water partition coefficient (Wildman–Crippen LogP) is 4.90. The van der Waals surface area contributed by atoms with Crippen molar-refractivity contribution in [2.24, 2.45) is 5.41 Å². The summed E-state index contributed by atoms with van der Waals surface area (Å²) < 4.78 is 5.74. The predicted molar refractivity (Wildman–Crippen MR) is 111 cm³/mol. The number of benzene rings is 2. The number of carboxylic acid groups (broad SMARTS) is 1. The first kappa shape index (κ1) is 19.5. The van der Waals surface area contributed by atoms with Crippen molar-refractivity contribution in [2.45, 2.75) is 45.1 Å². The second-order valence-electron chi connectivity index (χ2n) is 8.49. The minimum Gasteiger partial charge on any atom is -0.479 e. The standard InChI is InChI=1S/C24H27NO4/c1-4-25(24(3,21(26)27)23(2)13-14-23)22(28)29-15-20-18-11-7-5-9-16(18)17-10-6-8-12-19(17)20/h5-12,20H,4,13-15H2,1-3H3,(H,26,27). The number of hydrogen-bond acceptors (Lipinski definition) is 3. The normalized spacial score (nSPS) is 18.3. The van der Waals surface area contributed by atoms with Crippen LogP contribution in [-0.2, 0) is 9.53 Å². The van der Waals surface area contributed by atoms with Gasteiger partial charge in [0.1, 0.15) is 12.1 Å². The van der Waals surface area contributed by atoms with E-state index >= 15 is 0 Å². The first-order valence-electron chi connectivity index (χ1n) is 10.2. The Morgan fingerprint density at radius 2 is 1.62 bits per heavy atom. The van der Waals surface area contributed by atoms with Crippen LogP contribution in [-0.4, -0.2) is 40.8 Å². The summed E-state index contributed by atoms with van der Waals surface area (Å²) in [6.45, 7) is 5.85. The Hall–Kier alpha value is -2.82. The second-order valence-corrected chi connectivity index (χ2v) is 8.49. The summed E-state index contributed by atoms with van der Waals surface area (Å²) in [5, 5.41) is 9.95. The van der Waals surface area contributed by atoms with E-state index in [2.05, 4.69) is 24.3 Å². The number of ether oxygens (including phenoxy) is 1. The maximum atomic E-state index is 13.0. The van der Waals surface area contributed by atoms with E-state index in [9.17, 15) is 14.7 Å². The van der Waals surface area contributed by atoms with Crippen molar-refractivity contribution in [3.05, 3.63) is 59.7 Å². The fourth-order valence-corrected chi connectivity index (χ4v) is 4.67. The zero-order valence-corrected chi connectivity index (χ0v) is 17.1. The van der Waals surface area contributed by atoms with Gasteiger partial charge in [-0.2, -0.15) is 0 Å². The van der Waals surface area contributed by atoms with Crippen LogP contribution in [0.5, 0.6) is 0 Å². The highest BCUT2D eigenvalue weighted by molar-refractivity contribution is 5.86. The van der Waals surface area contributed by atoms with Gasteiger partial charge in [-0.3, -0.25) is 4.90 Å². The molecule has 0 aromatic heterocycles. The molecule has 1 amide bonds. The first-order chi connectivity index (χ1) is 13.8. The molecule has 29 heavy (non-hydrogen) atoms. The van der Waals surface area contributed by atoms with E-state index in [1.165, 1.54) is 4.90 Å². The van der Waals surface area contributed by atoms with Gasteiger partial charge in [-0.25, -0.2) is 9.59 Å². The lowest BCUT2D eigenvalue weighted by atomic mass is 9.82. The summed E-state index contributed by atoms with van der Waals surface area (Å²) in [6, 6.07) is 16.3. The van der Waals surface area contributed by atoms with Gasteiger partial charge in [0.05, 0.1) is 0 Å². The zero-order chi connectivity index (χ0) is 20.8. The first-order valence-corrected chi connectivity index (χ1v) is 10.2. The molecule has 2 aliphatic rings. The molecule has 0 bridgehead atoms.